The minimum Gasteiger partial charge on any atom is -0.206 e. The summed E-state index contributed by atoms with van der Waals surface area (Å²) < 4.78 is 80.2. The van der Waals surface area contributed by atoms with Crippen LogP contribution in [0.25, 0.3) is 10.8 Å². The number of rotatable bonds is 5. The zero-order valence-electron chi connectivity index (χ0n) is 16.8. The van der Waals surface area contributed by atoms with Gasteiger partial charge in [0.05, 0.1) is 5.56 Å². The Bertz CT molecular complexity index is 1130. The van der Waals surface area contributed by atoms with Crippen LogP contribution in [0.3, 0.4) is 0 Å². The summed E-state index contributed by atoms with van der Waals surface area (Å²) in [6.07, 6.45) is 0.285. The van der Waals surface area contributed by atoms with Crippen LogP contribution in [0.1, 0.15) is 54.9 Å². The SMILES string of the molecule is CCCCCCc1ccc2c(F)c(C#Cc3cc(F)c(C(F)(F)F)c(F)c3)ccc2c1. The second kappa shape index (κ2) is 9.47. The molecule has 0 saturated carbocycles. The van der Waals surface area contributed by atoms with Crippen molar-refractivity contribution >= 4 is 10.8 Å². The summed E-state index contributed by atoms with van der Waals surface area (Å²) in [5.41, 5.74) is -1.19. The van der Waals surface area contributed by atoms with E-state index in [2.05, 4.69) is 18.8 Å². The first-order chi connectivity index (χ1) is 14.7. The highest BCUT2D eigenvalue weighted by molar-refractivity contribution is 5.85. The lowest BCUT2D eigenvalue weighted by atomic mass is 10.00. The van der Waals surface area contributed by atoms with Crippen molar-refractivity contribution in [1.29, 1.82) is 0 Å². The van der Waals surface area contributed by atoms with E-state index in [1.807, 2.05) is 12.1 Å². The molecule has 6 heteroatoms. The Hall–Kier alpha value is -2.94. The molecule has 0 nitrogen and oxygen atoms in total. The van der Waals surface area contributed by atoms with Crippen molar-refractivity contribution in [3.8, 4) is 11.8 Å². The van der Waals surface area contributed by atoms with Gasteiger partial charge in [-0.1, -0.05) is 62.3 Å². The number of hydrogen-bond acceptors (Lipinski definition) is 0. The summed E-state index contributed by atoms with van der Waals surface area (Å²) in [4.78, 5) is 0. The smallest absolute Gasteiger partial charge is 0.206 e. The highest BCUT2D eigenvalue weighted by Gasteiger charge is 2.37. The van der Waals surface area contributed by atoms with Crippen LogP contribution in [0.15, 0.2) is 42.5 Å². The Kier molecular flexibility index (Phi) is 6.94. The monoisotopic (exact) mass is 434 g/mol. The fourth-order valence-corrected chi connectivity index (χ4v) is 3.40. The molecule has 0 amide bonds. The van der Waals surface area contributed by atoms with Gasteiger partial charge in [-0.3, -0.25) is 0 Å². The molecule has 0 aliphatic carbocycles. The van der Waals surface area contributed by atoms with E-state index in [9.17, 15) is 26.3 Å². The van der Waals surface area contributed by atoms with Gasteiger partial charge in [0, 0.05) is 10.9 Å². The van der Waals surface area contributed by atoms with Gasteiger partial charge in [0.15, 0.2) is 0 Å². The zero-order chi connectivity index (χ0) is 22.6. The van der Waals surface area contributed by atoms with Crippen molar-refractivity contribution in [3.63, 3.8) is 0 Å². The number of alkyl halides is 3. The number of aryl methyl sites for hydroxylation is 1. The summed E-state index contributed by atoms with van der Waals surface area (Å²) in [5.74, 6) is 0.687. The molecule has 0 bridgehead atoms. The van der Waals surface area contributed by atoms with Crippen LogP contribution in [0.4, 0.5) is 26.3 Å². The van der Waals surface area contributed by atoms with Gasteiger partial charge in [-0.2, -0.15) is 13.2 Å². The molecule has 0 unspecified atom stereocenters. The molecule has 0 fully saturated rings. The maximum Gasteiger partial charge on any atom is 0.422 e. The average Bonchev–Trinajstić information content (AvgIpc) is 2.69. The molecule has 0 aliphatic heterocycles. The van der Waals surface area contributed by atoms with E-state index >= 15 is 0 Å². The van der Waals surface area contributed by atoms with Gasteiger partial charge in [-0.05, 0) is 42.0 Å². The Labute approximate surface area is 176 Å². The van der Waals surface area contributed by atoms with Gasteiger partial charge in [0.2, 0.25) is 0 Å². The quantitative estimate of drug-likeness (QED) is 0.218. The summed E-state index contributed by atoms with van der Waals surface area (Å²) in [7, 11) is 0. The minimum absolute atomic E-state index is 0.0103. The van der Waals surface area contributed by atoms with E-state index < -0.39 is 29.2 Å². The summed E-state index contributed by atoms with van der Waals surface area (Å²) in [5, 5.41) is 1.07. The van der Waals surface area contributed by atoms with Gasteiger partial charge >= 0.3 is 6.18 Å². The van der Waals surface area contributed by atoms with Crippen LogP contribution in [0.2, 0.25) is 0 Å². The largest absolute Gasteiger partial charge is 0.422 e. The molecule has 3 aromatic carbocycles. The van der Waals surface area contributed by atoms with Gasteiger partial charge in [-0.15, -0.1) is 0 Å². The maximum atomic E-state index is 14.8. The van der Waals surface area contributed by atoms with Crippen molar-refractivity contribution in [2.45, 2.75) is 45.2 Å². The first-order valence-electron chi connectivity index (χ1n) is 10.00. The first kappa shape index (κ1) is 22.7. The van der Waals surface area contributed by atoms with Gasteiger partial charge in [0.1, 0.15) is 23.0 Å². The number of fused-ring (bicyclic) bond motifs is 1. The van der Waals surface area contributed by atoms with E-state index in [0.717, 1.165) is 31.2 Å². The second-order valence-corrected chi connectivity index (χ2v) is 7.36. The highest BCUT2D eigenvalue weighted by Crippen LogP contribution is 2.34. The molecular weight excluding hydrogens is 414 g/mol. The van der Waals surface area contributed by atoms with E-state index in [-0.39, 0.29) is 11.1 Å². The van der Waals surface area contributed by atoms with Crippen LogP contribution in [-0.4, -0.2) is 0 Å². The van der Waals surface area contributed by atoms with Crippen LogP contribution in [0.5, 0.6) is 0 Å². The molecule has 31 heavy (non-hydrogen) atoms. The van der Waals surface area contributed by atoms with Crippen LogP contribution in [-0.2, 0) is 12.6 Å². The Morgan fingerprint density at radius 3 is 2.16 bits per heavy atom. The van der Waals surface area contributed by atoms with Crippen molar-refractivity contribution in [1.82, 2.24) is 0 Å². The molecule has 0 atom stereocenters. The van der Waals surface area contributed by atoms with Crippen molar-refractivity contribution in [2.75, 3.05) is 0 Å². The zero-order valence-corrected chi connectivity index (χ0v) is 16.8. The van der Waals surface area contributed by atoms with Crippen molar-refractivity contribution in [3.05, 3.63) is 82.2 Å². The summed E-state index contributed by atoms with van der Waals surface area (Å²) in [6.45, 7) is 2.14. The lowest BCUT2D eigenvalue weighted by molar-refractivity contribution is -0.142. The molecule has 0 radical (unpaired) electrons. The fourth-order valence-electron chi connectivity index (χ4n) is 3.40. The molecule has 0 heterocycles. The number of halogens is 6. The van der Waals surface area contributed by atoms with E-state index in [0.29, 0.717) is 22.9 Å². The number of hydrogen-bond donors (Lipinski definition) is 0. The fraction of sp³-hybridized carbons (Fsp3) is 0.280. The lowest BCUT2D eigenvalue weighted by Gasteiger charge is -2.09. The summed E-state index contributed by atoms with van der Waals surface area (Å²) in [6, 6.07) is 9.57. The predicted octanol–water partition coefficient (Wildman–Crippen LogP) is 7.80. The molecule has 0 aliphatic rings. The van der Waals surface area contributed by atoms with Crippen molar-refractivity contribution < 1.29 is 26.3 Å². The van der Waals surface area contributed by atoms with Gasteiger partial charge < -0.3 is 0 Å². The topological polar surface area (TPSA) is 0 Å². The second-order valence-electron chi connectivity index (χ2n) is 7.36. The van der Waals surface area contributed by atoms with Crippen molar-refractivity contribution in [2.24, 2.45) is 0 Å². The molecule has 0 N–H and O–H groups in total. The average molecular weight is 434 g/mol. The molecule has 0 spiro atoms. The Balaban J connectivity index is 1.87. The molecule has 3 rings (SSSR count). The molecule has 162 valence electrons. The Morgan fingerprint density at radius 1 is 0.806 bits per heavy atom. The third kappa shape index (κ3) is 5.41. The predicted molar refractivity (Wildman–Crippen MR) is 109 cm³/mol. The van der Waals surface area contributed by atoms with Crippen LogP contribution in [0, 0.1) is 29.3 Å². The molecular formula is C25H20F6. The molecule has 3 aromatic rings. The van der Waals surface area contributed by atoms with Crippen LogP contribution < -0.4 is 0 Å². The van der Waals surface area contributed by atoms with Gasteiger partial charge in [0.25, 0.3) is 0 Å². The lowest BCUT2D eigenvalue weighted by Crippen LogP contribution is -2.11. The normalized spacial score (nSPS) is 11.5. The van der Waals surface area contributed by atoms with E-state index in [4.69, 9.17) is 0 Å². The third-order valence-corrected chi connectivity index (χ3v) is 5.00. The minimum atomic E-state index is -5.15. The number of unbranched alkanes of at least 4 members (excludes halogenated alkanes) is 3. The Morgan fingerprint density at radius 2 is 1.52 bits per heavy atom. The third-order valence-electron chi connectivity index (χ3n) is 5.00. The molecule has 0 saturated heterocycles. The van der Waals surface area contributed by atoms with Crippen LogP contribution >= 0.6 is 0 Å². The molecule has 0 aromatic heterocycles. The summed E-state index contributed by atoms with van der Waals surface area (Å²) >= 11 is 0. The van der Waals surface area contributed by atoms with Gasteiger partial charge in [-0.25, -0.2) is 13.2 Å². The first-order valence-corrected chi connectivity index (χ1v) is 10.00. The standard InChI is InChI=1S/C25H20F6/c1-2-3-4-5-6-16-8-12-20-19(13-16)11-10-18(24(20)28)9-7-17-14-21(26)23(22(27)15-17)25(29,30)31/h8,10-15H,2-6H2,1H3. The van der Waals surface area contributed by atoms with E-state index in [1.165, 1.54) is 12.5 Å². The maximum absolute atomic E-state index is 14.8. The number of benzene rings is 3. The highest BCUT2D eigenvalue weighted by atomic mass is 19.4. The van der Waals surface area contributed by atoms with E-state index in [1.54, 1.807) is 12.1 Å².